The molecule has 3 rings (SSSR count). The second kappa shape index (κ2) is 6.95. The number of ether oxygens (including phenoxy) is 1. The van der Waals surface area contributed by atoms with E-state index in [-0.39, 0.29) is 0 Å². The molecule has 0 aliphatic carbocycles. The third-order valence-corrected chi connectivity index (χ3v) is 3.86. The highest BCUT2D eigenvalue weighted by atomic mass is 32.1. The summed E-state index contributed by atoms with van der Waals surface area (Å²) in [5.41, 5.74) is 3.11. The van der Waals surface area contributed by atoms with Gasteiger partial charge in [-0.3, -0.25) is 0 Å². The van der Waals surface area contributed by atoms with Gasteiger partial charge in [0.1, 0.15) is 5.75 Å². The molecular weight excluding hydrogens is 294 g/mol. The van der Waals surface area contributed by atoms with Crippen LogP contribution < -0.4 is 4.74 Å². The Hall–Kier alpha value is -2.53. The van der Waals surface area contributed by atoms with Crippen molar-refractivity contribution >= 4 is 16.5 Å². The summed E-state index contributed by atoms with van der Waals surface area (Å²) in [6.07, 6.45) is 0. The first kappa shape index (κ1) is 14.4. The zero-order valence-corrected chi connectivity index (χ0v) is 13.0. The van der Waals surface area contributed by atoms with E-state index in [4.69, 9.17) is 4.74 Å². The molecule has 0 aliphatic rings. The lowest BCUT2D eigenvalue weighted by molar-refractivity contribution is 0.414. The van der Waals surface area contributed by atoms with Gasteiger partial charge < -0.3 is 4.74 Å². The van der Waals surface area contributed by atoms with E-state index in [9.17, 15) is 0 Å². The highest BCUT2D eigenvalue weighted by Gasteiger charge is 2.02. The van der Waals surface area contributed by atoms with Gasteiger partial charge in [0, 0.05) is 10.9 Å². The molecule has 0 saturated heterocycles. The molecule has 2 aromatic carbocycles. The minimum atomic E-state index is 0.532. The average Bonchev–Trinajstić information content (AvgIpc) is 3.05. The Labute approximate surface area is 133 Å². The van der Waals surface area contributed by atoms with Crippen LogP contribution >= 0.6 is 11.3 Å². The van der Waals surface area contributed by atoms with Crippen LogP contribution in [0.25, 0.3) is 11.3 Å². The molecule has 0 atom stereocenters. The van der Waals surface area contributed by atoms with E-state index in [0.29, 0.717) is 11.7 Å². The van der Waals surface area contributed by atoms with Crippen molar-refractivity contribution in [1.82, 2.24) is 4.98 Å². The van der Waals surface area contributed by atoms with Gasteiger partial charge in [0.2, 0.25) is 5.13 Å². The van der Waals surface area contributed by atoms with Crippen LogP contribution in [0, 0.1) is 0 Å². The summed E-state index contributed by atoms with van der Waals surface area (Å²) in [7, 11) is 1.65. The molecule has 0 N–H and O–H groups in total. The van der Waals surface area contributed by atoms with Crippen LogP contribution in [0.3, 0.4) is 0 Å². The van der Waals surface area contributed by atoms with E-state index in [0.717, 1.165) is 22.6 Å². The number of methoxy groups -OCH3 is 1. The van der Waals surface area contributed by atoms with Crippen LogP contribution in [-0.4, -0.2) is 12.1 Å². The molecule has 0 fully saturated rings. The zero-order chi connectivity index (χ0) is 15.2. The molecular formula is C17H15N3OS. The predicted molar refractivity (Wildman–Crippen MR) is 88.8 cm³/mol. The van der Waals surface area contributed by atoms with Crippen molar-refractivity contribution in [3.05, 3.63) is 65.5 Å². The molecule has 5 heteroatoms. The van der Waals surface area contributed by atoms with E-state index < -0.39 is 0 Å². The normalized spacial score (nSPS) is 11.0. The molecule has 0 radical (unpaired) electrons. The van der Waals surface area contributed by atoms with Crippen LogP contribution in [0.1, 0.15) is 5.56 Å². The Morgan fingerprint density at radius 2 is 1.82 bits per heavy atom. The van der Waals surface area contributed by atoms with Gasteiger partial charge in [-0.2, -0.15) is 5.11 Å². The second-order valence-electron chi connectivity index (χ2n) is 4.63. The first-order valence-corrected chi connectivity index (χ1v) is 7.74. The van der Waals surface area contributed by atoms with Gasteiger partial charge in [0.15, 0.2) is 0 Å². The second-order valence-corrected chi connectivity index (χ2v) is 5.47. The fourth-order valence-corrected chi connectivity index (χ4v) is 2.62. The molecule has 1 heterocycles. The minimum Gasteiger partial charge on any atom is -0.497 e. The molecule has 22 heavy (non-hydrogen) atoms. The minimum absolute atomic E-state index is 0.532. The molecule has 0 spiro atoms. The standard InChI is InChI=1S/C17H15N3OS/c1-21-15-9-7-13(8-10-15)11-18-20-17-19-16(12-22-17)14-5-3-2-4-6-14/h2-10,12H,11H2,1H3. The fourth-order valence-electron chi connectivity index (χ4n) is 1.96. The Kier molecular flexibility index (Phi) is 4.56. The molecule has 3 aromatic rings. The molecule has 0 amide bonds. The summed E-state index contributed by atoms with van der Waals surface area (Å²) in [4.78, 5) is 4.48. The lowest BCUT2D eigenvalue weighted by atomic mass is 10.2. The van der Waals surface area contributed by atoms with Crippen molar-refractivity contribution < 1.29 is 4.74 Å². The van der Waals surface area contributed by atoms with Crippen molar-refractivity contribution in [2.24, 2.45) is 10.2 Å². The maximum absolute atomic E-state index is 5.13. The quantitative estimate of drug-likeness (QED) is 0.615. The third-order valence-electron chi connectivity index (χ3n) is 3.13. The van der Waals surface area contributed by atoms with E-state index >= 15 is 0 Å². The average molecular weight is 309 g/mol. The Morgan fingerprint density at radius 3 is 2.55 bits per heavy atom. The number of benzene rings is 2. The summed E-state index contributed by atoms with van der Waals surface area (Å²) < 4.78 is 5.13. The van der Waals surface area contributed by atoms with Crippen LogP contribution in [-0.2, 0) is 6.54 Å². The summed E-state index contributed by atoms with van der Waals surface area (Å²) in [6, 6.07) is 17.9. The van der Waals surface area contributed by atoms with Crippen molar-refractivity contribution in [2.45, 2.75) is 6.54 Å². The first-order valence-electron chi connectivity index (χ1n) is 6.86. The Balaban J connectivity index is 1.64. The van der Waals surface area contributed by atoms with Gasteiger partial charge >= 0.3 is 0 Å². The number of hydrogen-bond donors (Lipinski definition) is 0. The van der Waals surface area contributed by atoms with Crippen LogP contribution in [0.15, 0.2) is 70.2 Å². The number of nitrogens with zero attached hydrogens (tertiary/aromatic N) is 3. The maximum Gasteiger partial charge on any atom is 0.230 e. The van der Waals surface area contributed by atoms with Crippen LogP contribution in [0.5, 0.6) is 5.75 Å². The number of aromatic nitrogens is 1. The molecule has 1 aromatic heterocycles. The van der Waals surface area contributed by atoms with Gasteiger partial charge in [-0.25, -0.2) is 4.98 Å². The zero-order valence-electron chi connectivity index (χ0n) is 12.1. The molecule has 110 valence electrons. The summed E-state index contributed by atoms with van der Waals surface area (Å²) in [6.45, 7) is 0.532. The van der Waals surface area contributed by atoms with Gasteiger partial charge in [-0.05, 0) is 17.7 Å². The topological polar surface area (TPSA) is 46.8 Å². The lowest BCUT2D eigenvalue weighted by Gasteiger charge is -1.99. The number of thiazole rings is 1. The van der Waals surface area contributed by atoms with Crippen LogP contribution in [0.2, 0.25) is 0 Å². The highest BCUT2D eigenvalue weighted by molar-refractivity contribution is 7.13. The molecule has 0 saturated carbocycles. The molecule has 0 unspecified atom stereocenters. The van der Waals surface area contributed by atoms with Gasteiger partial charge in [-0.15, -0.1) is 16.5 Å². The van der Waals surface area contributed by atoms with Gasteiger partial charge in [-0.1, -0.05) is 42.5 Å². The van der Waals surface area contributed by atoms with Gasteiger partial charge in [0.05, 0.1) is 19.3 Å². The smallest absolute Gasteiger partial charge is 0.230 e. The van der Waals surface area contributed by atoms with Gasteiger partial charge in [0.25, 0.3) is 0 Å². The number of hydrogen-bond acceptors (Lipinski definition) is 5. The maximum atomic E-state index is 5.13. The largest absolute Gasteiger partial charge is 0.497 e. The first-order chi connectivity index (χ1) is 10.8. The number of rotatable bonds is 5. The highest BCUT2D eigenvalue weighted by Crippen LogP contribution is 2.26. The van der Waals surface area contributed by atoms with Crippen molar-refractivity contribution in [3.8, 4) is 17.0 Å². The predicted octanol–water partition coefficient (Wildman–Crippen LogP) is 5.10. The third kappa shape index (κ3) is 3.56. The van der Waals surface area contributed by atoms with Crippen molar-refractivity contribution in [3.63, 3.8) is 0 Å². The van der Waals surface area contributed by atoms with E-state index in [1.54, 1.807) is 7.11 Å². The molecule has 0 bridgehead atoms. The SMILES string of the molecule is COc1ccc(CN=Nc2nc(-c3ccccc3)cs2)cc1. The summed E-state index contributed by atoms with van der Waals surface area (Å²) in [5.74, 6) is 0.841. The fraction of sp³-hybridized carbons (Fsp3) is 0.118. The van der Waals surface area contributed by atoms with Crippen LogP contribution in [0.4, 0.5) is 5.13 Å². The van der Waals surface area contributed by atoms with E-state index in [2.05, 4.69) is 15.2 Å². The monoisotopic (exact) mass is 309 g/mol. The van der Waals surface area contributed by atoms with E-state index in [1.807, 2.05) is 60.0 Å². The van der Waals surface area contributed by atoms with E-state index in [1.165, 1.54) is 11.3 Å². The Bertz CT molecular complexity index is 751. The summed E-state index contributed by atoms with van der Waals surface area (Å²) in [5, 5.41) is 11.1. The lowest BCUT2D eigenvalue weighted by Crippen LogP contribution is -1.84. The molecule has 0 aliphatic heterocycles. The molecule has 4 nitrogen and oxygen atoms in total. The van der Waals surface area contributed by atoms with Crippen molar-refractivity contribution in [1.29, 1.82) is 0 Å². The Morgan fingerprint density at radius 1 is 1.05 bits per heavy atom. The van der Waals surface area contributed by atoms with Crippen molar-refractivity contribution in [2.75, 3.05) is 7.11 Å². The number of azo groups is 1. The summed E-state index contributed by atoms with van der Waals surface area (Å²) >= 11 is 1.49.